The van der Waals surface area contributed by atoms with Crippen molar-refractivity contribution in [3.8, 4) is 0 Å². The van der Waals surface area contributed by atoms with Gasteiger partial charge in [0.15, 0.2) is 0 Å². The molecule has 2 heterocycles. The Hall–Kier alpha value is -1.66. The van der Waals surface area contributed by atoms with Crippen LogP contribution in [0.15, 0.2) is 28.4 Å². The Bertz CT molecular complexity index is 674. The molecule has 1 aromatic rings. The fourth-order valence-corrected chi connectivity index (χ4v) is 2.95. The predicted octanol–water partition coefficient (Wildman–Crippen LogP) is 3.07. The highest BCUT2D eigenvalue weighted by Gasteiger charge is 2.27. The average molecular weight is 304 g/mol. The SMILES string of the molecule is CC1=CC(C)=N/C1=C(/C)c1c(C)cc(C)n1B(F)OCCO. The summed E-state index contributed by atoms with van der Waals surface area (Å²) in [6, 6.07) is 1.93. The van der Waals surface area contributed by atoms with E-state index in [1.54, 1.807) is 0 Å². The van der Waals surface area contributed by atoms with Crippen LogP contribution >= 0.6 is 0 Å². The second-order valence-corrected chi connectivity index (χ2v) is 5.63. The van der Waals surface area contributed by atoms with Crippen molar-refractivity contribution >= 4 is 18.6 Å². The number of aliphatic imine (C=N–C) groups is 1. The zero-order valence-corrected chi connectivity index (χ0v) is 13.8. The molecule has 4 nitrogen and oxygen atoms in total. The molecule has 1 aliphatic rings. The summed E-state index contributed by atoms with van der Waals surface area (Å²) in [5.41, 5.74) is 6.37. The number of aryl methyl sites for hydroxylation is 2. The summed E-state index contributed by atoms with van der Waals surface area (Å²) in [4.78, 5) is 4.55. The van der Waals surface area contributed by atoms with Crippen LogP contribution in [0.2, 0.25) is 0 Å². The highest BCUT2D eigenvalue weighted by Crippen LogP contribution is 2.31. The summed E-state index contributed by atoms with van der Waals surface area (Å²) in [5, 5.41) is 8.82. The minimum Gasteiger partial charge on any atom is -0.394 e. The largest absolute Gasteiger partial charge is 0.637 e. The molecule has 2 rings (SSSR count). The first-order valence-electron chi connectivity index (χ1n) is 7.37. The summed E-state index contributed by atoms with van der Waals surface area (Å²) >= 11 is 0. The number of halogens is 1. The first-order chi connectivity index (χ1) is 10.4. The lowest BCUT2D eigenvalue weighted by molar-refractivity contribution is 0.186. The van der Waals surface area contributed by atoms with Gasteiger partial charge in [-0.05, 0) is 63.5 Å². The van der Waals surface area contributed by atoms with Crippen LogP contribution in [0.4, 0.5) is 4.32 Å². The first-order valence-corrected chi connectivity index (χ1v) is 7.37. The molecular weight excluding hydrogens is 282 g/mol. The fraction of sp³-hybridized carbons (Fsp3) is 0.438. The molecule has 118 valence electrons. The molecule has 0 aromatic carbocycles. The number of aliphatic hydroxyl groups is 1. The van der Waals surface area contributed by atoms with Gasteiger partial charge in [0.05, 0.1) is 18.9 Å². The Labute approximate surface area is 131 Å². The van der Waals surface area contributed by atoms with Crippen molar-refractivity contribution in [2.24, 2.45) is 4.99 Å². The zero-order chi connectivity index (χ0) is 16.4. The molecule has 0 radical (unpaired) electrons. The molecular formula is C16H22BFN2O2. The highest BCUT2D eigenvalue weighted by atomic mass is 19.1. The smallest absolute Gasteiger partial charge is 0.394 e. The molecule has 0 saturated heterocycles. The number of nitrogens with zero attached hydrogens (tertiary/aromatic N) is 2. The van der Waals surface area contributed by atoms with Crippen LogP contribution in [-0.4, -0.2) is 35.8 Å². The maximum Gasteiger partial charge on any atom is 0.637 e. The number of allylic oxidation sites excluding steroid dienone is 3. The molecule has 0 bridgehead atoms. The summed E-state index contributed by atoms with van der Waals surface area (Å²) < 4.78 is 21.0. The Kier molecular flexibility index (Phi) is 5.03. The monoisotopic (exact) mass is 304 g/mol. The van der Waals surface area contributed by atoms with Gasteiger partial charge in [0.1, 0.15) is 0 Å². The minimum absolute atomic E-state index is 0.0386. The van der Waals surface area contributed by atoms with Gasteiger partial charge >= 0.3 is 7.33 Å². The normalized spacial score (nSPS) is 16.7. The molecule has 1 aromatic heterocycles. The second-order valence-electron chi connectivity index (χ2n) is 5.63. The van der Waals surface area contributed by atoms with Crippen LogP contribution in [0, 0.1) is 13.8 Å². The fourth-order valence-electron chi connectivity index (χ4n) is 2.95. The summed E-state index contributed by atoms with van der Waals surface area (Å²) in [6.07, 6.45) is 2.02. The zero-order valence-electron chi connectivity index (χ0n) is 13.8. The van der Waals surface area contributed by atoms with Crippen molar-refractivity contribution in [1.29, 1.82) is 0 Å². The second kappa shape index (κ2) is 6.63. The van der Waals surface area contributed by atoms with Crippen molar-refractivity contribution in [1.82, 2.24) is 4.48 Å². The lowest BCUT2D eigenvalue weighted by Crippen LogP contribution is -2.27. The molecule has 0 fully saturated rings. The van der Waals surface area contributed by atoms with Crippen LogP contribution in [0.1, 0.15) is 37.7 Å². The van der Waals surface area contributed by atoms with Crippen molar-refractivity contribution in [3.05, 3.63) is 40.4 Å². The maximum atomic E-state index is 14.4. The molecule has 0 atom stereocenters. The number of hydrogen-bond acceptors (Lipinski definition) is 3. The van der Waals surface area contributed by atoms with E-state index in [-0.39, 0.29) is 13.2 Å². The van der Waals surface area contributed by atoms with Crippen LogP contribution in [0.25, 0.3) is 5.57 Å². The van der Waals surface area contributed by atoms with E-state index in [0.29, 0.717) is 0 Å². The Morgan fingerprint density at radius 1 is 1.36 bits per heavy atom. The Morgan fingerprint density at radius 2 is 2.05 bits per heavy atom. The number of hydrogen-bond donors (Lipinski definition) is 1. The molecule has 6 heteroatoms. The van der Waals surface area contributed by atoms with Crippen LogP contribution in [0.5, 0.6) is 0 Å². The third kappa shape index (κ3) is 3.08. The summed E-state index contributed by atoms with van der Waals surface area (Å²) in [7, 11) is -1.62. The van der Waals surface area contributed by atoms with Crippen molar-refractivity contribution < 1.29 is 14.1 Å². The summed E-state index contributed by atoms with van der Waals surface area (Å²) in [5.74, 6) is 0. The molecule has 22 heavy (non-hydrogen) atoms. The van der Waals surface area contributed by atoms with E-state index in [9.17, 15) is 4.32 Å². The van der Waals surface area contributed by atoms with Gasteiger partial charge in [-0.25, -0.2) is 0 Å². The number of rotatable bonds is 5. The van der Waals surface area contributed by atoms with E-state index in [0.717, 1.165) is 39.5 Å². The van der Waals surface area contributed by atoms with E-state index in [2.05, 4.69) is 4.99 Å². The topological polar surface area (TPSA) is 46.8 Å². The third-order valence-corrected chi connectivity index (χ3v) is 3.77. The van der Waals surface area contributed by atoms with Crippen LogP contribution < -0.4 is 0 Å². The predicted molar refractivity (Wildman–Crippen MR) is 88.7 cm³/mol. The molecule has 0 amide bonds. The van der Waals surface area contributed by atoms with E-state index < -0.39 is 7.33 Å². The Balaban J connectivity index is 2.52. The third-order valence-electron chi connectivity index (χ3n) is 3.77. The highest BCUT2D eigenvalue weighted by molar-refractivity contribution is 6.42. The maximum absolute atomic E-state index is 14.4. The van der Waals surface area contributed by atoms with Gasteiger partial charge in [-0.15, -0.1) is 0 Å². The minimum atomic E-state index is -1.62. The molecule has 1 aliphatic heterocycles. The molecule has 0 unspecified atom stereocenters. The molecule has 0 aliphatic carbocycles. The Morgan fingerprint density at radius 3 is 2.59 bits per heavy atom. The quantitative estimate of drug-likeness (QED) is 0.850. The average Bonchev–Trinajstić information content (AvgIpc) is 2.94. The van der Waals surface area contributed by atoms with Crippen molar-refractivity contribution in [2.45, 2.75) is 34.6 Å². The first kappa shape index (κ1) is 16.7. The van der Waals surface area contributed by atoms with Gasteiger partial charge < -0.3 is 14.2 Å². The van der Waals surface area contributed by atoms with Crippen molar-refractivity contribution in [3.63, 3.8) is 0 Å². The van der Waals surface area contributed by atoms with E-state index in [1.165, 1.54) is 4.48 Å². The number of aliphatic hydroxyl groups excluding tert-OH is 1. The van der Waals surface area contributed by atoms with Gasteiger partial charge in [-0.1, -0.05) is 0 Å². The van der Waals surface area contributed by atoms with Crippen LogP contribution in [0.3, 0.4) is 0 Å². The molecule has 0 spiro atoms. The van der Waals surface area contributed by atoms with E-state index in [1.807, 2.05) is 46.8 Å². The van der Waals surface area contributed by atoms with Gasteiger partial charge in [0.25, 0.3) is 0 Å². The van der Waals surface area contributed by atoms with Gasteiger partial charge in [-0.2, -0.15) is 0 Å². The van der Waals surface area contributed by atoms with E-state index >= 15 is 0 Å². The van der Waals surface area contributed by atoms with Crippen molar-refractivity contribution in [2.75, 3.05) is 13.2 Å². The molecule has 0 saturated carbocycles. The van der Waals surface area contributed by atoms with Gasteiger partial charge in [0, 0.05) is 17.1 Å². The summed E-state index contributed by atoms with van der Waals surface area (Å²) in [6.45, 7) is 9.45. The van der Waals surface area contributed by atoms with Crippen LogP contribution in [-0.2, 0) is 4.65 Å². The number of aromatic nitrogens is 1. The standard InChI is InChI=1S/C16H22BFN2O2/c1-10-8-12(3)19-15(10)14(5)16-11(2)9-13(4)20(16)17(18)22-7-6-21/h8-9,21H,6-7H2,1-5H3/b15-14-. The lowest BCUT2D eigenvalue weighted by Gasteiger charge is -2.15. The van der Waals surface area contributed by atoms with Gasteiger partial charge in [-0.3, -0.25) is 9.31 Å². The molecule has 1 N–H and O–H groups in total. The van der Waals surface area contributed by atoms with Gasteiger partial charge in [0.2, 0.25) is 0 Å². The lowest BCUT2D eigenvalue weighted by atomic mass is 10.0. The van der Waals surface area contributed by atoms with E-state index in [4.69, 9.17) is 9.76 Å².